The van der Waals surface area contributed by atoms with Crippen molar-refractivity contribution >= 4 is 10.1 Å². The number of aliphatic hydroxyl groups excluding tert-OH is 1. The Labute approximate surface area is 185 Å². The van der Waals surface area contributed by atoms with Crippen LogP contribution in [-0.2, 0) is 10.1 Å². The molecule has 0 radical (unpaired) electrons. The van der Waals surface area contributed by atoms with Gasteiger partial charge in [-0.3, -0.25) is 0 Å². The summed E-state index contributed by atoms with van der Waals surface area (Å²) in [6.07, 6.45) is 15.0. The maximum absolute atomic E-state index is 11.4. The van der Waals surface area contributed by atoms with E-state index in [1.165, 1.54) is 25.7 Å². The fourth-order valence-corrected chi connectivity index (χ4v) is 4.20. The molecular weight excluding hydrogens is 359 g/mol. The van der Waals surface area contributed by atoms with Gasteiger partial charge < -0.3 is 9.66 Å². The number of hydrogen-bond acceptors (Lipinski definition) is 4. The van der Waals surface area contributed by atoms with Gasteiger partial charge in [-0.15, -0.1) is 0 Å². The first-order valence-corrected chi connectivity index (χ1v) is 12.0. The minimum absolute atomic E-state index is 0. The molecule has 0 saturated carbocycles. The molecule has 6 heteroatoms. The van der Waals surface area contributed by atoms with Crippen molar-refractivity contribution in [3.8, 4) is 0 Å². The van der Waals surface area contributed by atoms with Crippen molar-refractivity contribution in [3.05, 3.63) is 0 Å². The van der Waals surface area contributed by atoms with Gasteiger partial charge in [-0.05, 0) is 25.7 Å². The van der Waals surface area contributed by atoms with E-state index in [-0.39, 0.29) is 35.7 Å². The maximum Gasteiger partial charge on any atom is 1.00 e. The van der Waals surface area contributed by atoms with Crippen LogP contribution < -0.4 is 29.6 Å². The predicted octanol–water partition coefficient (Wildman–Crippen LogP) is 2.55. The second kappa shape index (κ2) is 19.2. The number of rotatable bonds is 18. The quantitative estimate of drug-likeness (QED) is 0.218. The van der Waals surface area contributed by atoms with Crippen LogP contribution in [0.15, 0.2) is 0 Å². The van der Waals surface area contributed by atoms with Gasteiger partial charge in [0.2, 0.25) is 0 Å². The molecule has 4 nitrogen and oxygen atoms in total. The molecule has 0 rings (SSSR count). The van der Waals surface area contributed by atoms with Crippen molar-refractivity contribution in [1.29, 1.82) is 0 Å². The topological polar surface area (TPSA) is 77.4 Å². The molecule has 26 heavy (non-hydrogen) atoms. The van der Waals surface area contributed by atoms with Crippen LogP contribution in [0.5, 0.6) is 0 Å². The molecule has 2 unspecified atom stereocenters. The van der Waals surface area contributed by atoms with Gasteiger partial charge in [0.15, 0.2) is 0 Å². The number of aliphatic hydroxyl groups is 1. The molecule has 0 aliphatic heterocycles. The summed E-state index contributed by atoms with van der Waals surface area (Å²) in [6.45, 7) is 4.33. The second-order valence-corrected chi connectivity index (χ2v) is 9.11. The van der Waals surface area contributed by atoms with Crippen molar-refractivity contribution in [2.24, 2.45) is 0 Å². The SMILES string of the molecule is CCCCCCCCCC(CCCCC(O)CCCCC)S(=O)(=O)[O-].[Na+]. The summed E-state index contributed by atoms with van der Waals surface area (Å²) >= 11 is 0. The van der Waals surface area contributed by atoms with E-state index in [1.54, 1.807) is 0 Å². The first-order chi connectivity index (χ1) is 11.9. The van der Waals surface area contributed by atoms with E-state index in [0.29, 0.717) is 25.7 Å². The van der Waals surface area contributed by atoms with E-state index >= 15 is 0 Å². The molecule has 0 aliphatic rings. The Bertz CT molecular complexity index is 387. The Kier molecular flexibility index (Phi) is 21.5. The summed E-state index contributed by atoms with van der Waals surface area (Å²) in [7, 11) is -4.20. The van der Waals surface area contributed by atoms with Gasteiger partial charge in [-0.25, -0.2) is 8.42 Å². The second-order valence-electron chi connectivity index (χ2n) is 7.46. The van der Waals surface area contributed by atoms with Gasteiger partial charge in [-0.1, -0.05) is 90.9 Å². The van der Waals surface area contributed by atoms with Crippen LogP contribution in [0.25, 0.3) is 0 Å². The third-order valence-electron chi connectivity index (χ3n) is 4.99. The largest absolute Gasteiger partial charge is 1.00 e. The third-order valence-corrected chi connectivity index (χ3v) is 6.28. The van der Waals surface area contributed by atoms with Crippen molar-refractivity contribution in [3.63, 3.8) is 0 Å². The molecule has 0 amide bonds. The smallest absolute Gasteiger partial charge is 0.748 e. The summed E-state index contributed by atoms with van der Waals surface area (Å²) < 4.78 is 34.3. The van der Waals surface area contributed by atoms with Crippen LogP contribution in [-0.4, -0.2) is 29.4 Å². The van der Waals surface area contributed by atoms with Crippen LogP contribution in [0.4, 0.5) is 0 Å². The molecule has 0 bridgehead atoms. The molecule has 2 atom stereocenters. The molecule has 0 aromatic rings. The number of hydrogen-bond donors (Lipinski definition) is 1. The zero-order valence-electron chi connectivity index (χ0n) is 17.5. The fourth-order valence-electron chi connectivity index (χ4n) is 3.29. The zero-order chi connectivity index (χ0) is 19.0. The van der Waals surface area contributed by atoms with Crippen molar-refractivity contribution in [2.45, 2.75) is 128 Å². The molecule has 0 saturated heterocycles. The van der Waals surface area contributed by atoms with E-state index in [9.17, 15) is 18.1 Å². The van der Waals surface area contributed by atoms with Crippen LogP contribution in [0.2, 0.25) is 0 Å². The van der Waals surface area contributed by atoms with E-state index < -0.39 is 15.4 Å². The van der Waals surface area contributed by atoms with Crippen LogP contribution in [0.3, 0.4) is 0 Å². The minimum Gasteiger partial charge on any atom is -0.748 e. The van der Waals surface area contributed by atoms with Gasteiger partial charge >= 0.3 is 29.6 Å². The Morgan fingerprint density at radius 3 is 1.54 bits per heavy atom. The van der Waals surface area contributed by atoms with E-state index in [1.807, 2.05) is 0 Å². The Balaban J connectivity index is 0. The van der Waals surface area contributed by atoms with Gasteiger partial charge in [0.1, 0.15) is 0 Å². The molecule has 0 aromatic heterocycles. The first-order valence-electron chi connectivity index (χ1n) is 10.5. The van der Waals surface area contributed by atoms with Crippen molar-refractivity contribution in [1.82, 2.24) is 0 Å². The molecule has 152 valence electrons. The summed E-state index contributed by atoms with van der Waals surface area (Å²) in [4.78, 5) is 0. The number of unbranched alkanes of at least 4 members (excludes halogenated alkanes) is 9. The van der Waals surface area contributed by atoms with E-state index in [2.05, 4.69) is 13.8 Å². The van der Waals surface area contributed by atoms with Crippen LogP contribution >= 0.6 is 0 Å². The summed E-state index contributed by atoms with van der Waals surface area (Å²) in [5.41, 5.74) is 0. The van der Waals surface area contributed by atoms with Gasteiger partial charge in [0.05, 0.1) is 16.2 Å². The van der Waals surface area contributed by atoms with E-state index in [4.69, 9.17) is 0 Å². The van der Waals surface area contributed by atoms with E-state index in [0.717, 1.165) is 51.4 Å². The monoisotopic (exact) mass is 400 g/mol. The molecule has 0 heterocycles. The Hall–Kier alpha value is 0.870. The standard InChI is InChI=1S/C20H42O4S.Na/c1-3-5-7-8-9-10-12-17-20(25(22,23)24)18-14-13-16-19(21)15-11-6-4-2;/h19-21H,3-18H2,1-2H3,(H,22,23,24);/q;+1/p-1. The molecule has 0 fully saturated rings. The minimum atomic E-state index is -4.20. The summed E-state index contributed by atoms with van der Waals surface area (Å²) in [5, 5.41) is 9.15. The normalized spacial score (nSPS) is 14.0. The molecular formula is C20H41NaO4S. The average molecular weight is 401 g/mol. The van der Waals surface area contributed by atoms with Crippen LogP contribution in [0, 0.1) is 0 Å². The average Bonchev–Trinajstić information content (AvgIpc) is 2.55. The first kappa shape index (κ1) is 29.1. The zero-order valence-corrected chi connectivity index (χ0v) is 20.4. The summed E-state index contributed by atoms with van der Waals surface area (Å²) in [5.74, 6) is 0. The van der Waals surface area contributed by atoms with Crippen LogP contribution in [0.1, 0.15) is 117 Å². The molecule has 0 aromatic carbocycles. The molecule has 0 aliphatic carbocycles. The van der Waals surface area contributed by atoms with Gasteiger partial charge in [0, 0.05) is 5.25 Å². The van der Waals surface area contributed by atoms with Gasteiger partial charge in [-0.2, -0.15) is 0 Å². The molecule has 1 N–H and O–H groups in total. The Morgan fingerprint density at radius 1 is 0.692 bits per heavy atom. The summed E-state index contributed by atoms with van der Waals surface area (Å²) in [6, 6.07) is 0. The predicted molar refractivity (Wildman–Crippen MR) is 105 cm³/mol. The van der Waals surface area contributed by atoms with Gasteiger partial charge in [0.25, 0.3) is 0 Å². The Morgan fingerprint density at radius 2 is 1.04 bits per heavy atom. The fraction of sp³-hybridized carbons (Fsp3) is 1.00. The van der Waals surface area contributed by atoms with Crippen molar-refractivity contribution in [2.75, 3.05) is 0 Å². The third kappa shape index (κ3) is 18.2. The molecule has 0 spiro atoms. The maximum atomic E-state index is 11.4. The van der Waals surface area contributed by atoms with Crippen molar-refractivity contribution < 1.29 is 47.6 Å².